The molecule has 2 amide bonds. The fourth-order valence-corrected chi connectivity index (χ4v) is 2.69. The Balaban J connectivity index is 2.10. The third kappa shape index (κ3) is 2.10. The number of hydrogen-bond acceptors (Lipinski definition) is 3. The van der Waals surface area contributed by atoms with E-state index in [-0.39, 0.29) is 18.2 Å². The number of amides is 2. The minimum Gasteiger partial charge on any atom is -0.399 e. The van der Waals surface area contributed by atoms with Crippen molar-refractivity contribution in [3.63, 3.8) is 0 Å². The van der Waals surface area contributed by atoms with Crippen molar-refractivity contribution in [2.45, 2.75) is 6.42 Å². The summed E-state index contributed by atoms with van der Waals surface area (Å²) in [6.45, 7) is 0. The maximum absolute atomic E-state index is 12.5. The molecule has 1 aliphatic rings. The number of rotatable bonds is 1. The van der Waals surface area contributed by atoms with Gasteiger partial charge in [0.1, 0.15) is 0 Å². The van der Waals surface area contributed by atoms with Crippen LogP contribution in [0.15, 0.2) is 46.9 Å². The van der Waals surface area contributed by atoms with E-state index in [1.165, 1.54) is 4.90 Å². The molecule has 0 aliphatic carbocycles. The van der Waals surface area contributed by atoms with E-state index in [0.717, 1.165) is 10.0 Å². The van der Waals surface area contributed by atoms with Gasteiger partial charge in [0.15, 0.2) is 0 Å². The van der Waals surface area contributed by atoms with Crippen molar-refractivity contribution in [2.75, 3.05) is 10.6 Å². The average molecular weight is 331 g/mol. The van der Waals surface area contributed by atoms with Crippen molar-refractivity contribution < 1.29 is 9.59 Å². The zero-order valence-electron chi connectivity index (χ0n) is 10.5. The van der Waals surface area contributed by atoms with Crippen LogP contribution >= 0.6 is 15.9 Å². The Morgan fingerprint density at radius 2 is 1.90 bits per heavy atom. The Hall–Kier alpha value is -2.14. The SMILES string of the molecule is Nc1ccc2c(c1)C(=O)N(c1cccc(Br)c1)C(=O)C2. The third-order valence-electron chi connectivity index (χ3n) is 3.22. The zero-order chi connectivity index (χ0) is 14.3. The number of nitrogen functional groups attached to an aromatic ring is 1. The molecule has 2 aromatic carbocycles. The van der Waals surface area contributed by atoms with E-state index in [9.17, 15) is 9.59 Å². The first-order chi connectivity index (χ1) is 9.56. The molecule has 0 unspecified atom stereocenters. The molecule has 1 aliphatic heterocycles. The largest absolute Gasteiger partial charge is 0.399 e. The Kier molecular flexibility index (Phi) is 3.06. The van der Waals surface area contributed by atoms with Gasteiger partial charge in [-0.2, -0.15) is 0 Å². The van der Waals surface area contributed by atoms with Crippen LogP contribution in [0, 0.1) is 0 Å². The minimum absolute atomic E-state index is 0.202. The van der Waals surface area contributed by atoms with E-state index in [1.54, 1.807) is 36.4 Å². The van der Waals surface area contributed by atoms with Gasteiger partial charge < -0.3 is 5.73 Å². The average Bonchev–Trinajstić information content (AvgIpc) is 2.40. The number of carbonyl (C=O) groups is 2. The van der Waals surface area contributed by atoms with Gasteiger partial charge in [0.25, 0.3) is 5.91 Å². The van der Waals surface area contributed by atoms with Crippen LogP contribution in [0.4, 0.5) is 11.4 Å². The van der Waals surface area contributed by atoms with E-state index in [2.05, 4.69) is 15.9 Å². The number of halogens is 1. The van der Waals surface area contributed by atoms with Crippen molar-refractivity contribution in [1.82, 2.24) is 0 Å². The summed E-state index contributed by atoms with van der Waals surface area (Å²) < 4.78 is 0.814. The van der Waals surface area contributed by atoms with Crippen LogP contribution in [0.2, 0.25) is 0 Å². The third-order valence-corrected chi connectivity index (χ3v) is 3.72. The van der Waals surface area contributed by atoms with Gasteiger partial charge in [-0.3, -0.25) is 9.59 Å². The lowest BCUT2D eigenvalue weighted by Gasteiger charge is -2.27. The summed E-state index contributed by atoms with van der Waals surface area (Å²) in [5, 5.41) is 0. The predicted molar refractivity (Wildman–Crippen MR) is 80.5 cm³/mol. The Morgan fingerprint density at radius 1 is 1.10 bits per heavy atom. The second-order valence-corrected chi connectivity index (χ2v) is 5.52. The molecule has 0 radical (unpaired) electrons. The number of imide groups is 1. The second kappa shape index (κ2) is 4.76. The number of benzene rings is 2. The summed E-state index contributed by atoms with van der Waals surface area (Å²) in [7, 11) is 0. The van der Waals surface area contributed by atoms with E-state index >= 15 is 0 Å². The molecule has 0 saturated carbocycles. The van der Waals surface area contributed by atoms with Crippen molar-refractivity contribution in [1.29, 1.82) is 0 Å². The number of fused-ring (bicyclic) bond motifs is 1. The van der Waals surface area contributed by atoms with E-state index in [1.807, 2.05) is 6.07 Å². The number of anilines is 2. The molecule has 1 heterocycles. The van der Waals surface area contributed by atoms with Crippen LogP contribution in [-0.4, -0.2) is 11.8 Å². The second-order valence-electron chi connectivity index (χ2n) is 4.61. The van der Waals surface area contributed by atoms with Gasteiger partial charge in [-0.25, -0.2) is 4.90 Å². The molecule has 0 saturated heterocycles. The normalized spacial score (nSPS) is 14.3. The molecule has 4 nitrogen and oxygen atoms in total. The molecule has 0 fully saturated rings. The monoisotopic (exact) mass is 330 g/mol. The molecule has 5 heteroatoms. The maximum Gasteiger partial charge on any atom is 0.265 e. The van der Waals surface area contributed by atoms with E-state index in [0.29, 0.717) is 16.9 Å². The fraction of sp³-hybridized carbons (Fsp3) is 0.0667. The highest BCUT2D eigenvalue weighted by Crippen LogP contribution is 2.28. The van der Waals surface area contributed by atoms with Crippen LogP contribution < -0.4 is 10.6 Å². The highest BCUT2D eigenvalue weighted by Gasteiger charge is 2.32. The van der Waals surface area contributed by atoms with Crippen LogP contribution in [0.25, 0.3) is 0 Å². The van der Waals surface area contributed by atoms with Gasteiger partial charge in [0.05, 0.1) is 12.1 Å². The summed E-state index contributed by atoms with van der Waals surface area (Å²) in [6, 6.07) is 12.2. The number of nitrogens with zero attached hydrogens (tertiary/aromatic N) is 1. The van der Waals surface area contributed by atoms with Crippen molar-refractivity contribution in [3.05, 3.63) is 58.1 Å². The maximum atomic E-state index is 12.5. The molecule has 0 aromatic heterocycles. The summed E-state index contributed by atoms with van der Waals surface area (Å²) in [5.74, 6) is -0.563. The molecule has 0 spiro atoms. The summed E-state index contributed by atoms with van der Waals surface area (Å²) in [6.07, 6.45) is 0.202. The summed E-state index contributed by atoms with van der Waals surface area (Å²) in [5.41, 5.74) is 8.01. The van der Waals surface area contributed by atoms with Crippen molar-refractivity contribution in [2.24, 2.45) is 0 Å². The molecule has 0 bridgehead atoms. The van der Waals surface area contributed by atoms with Gasteiger partial charge in [0.2, 0.25) is 5.91 Å². The van der Waals surface area contributed by atoms with Crippen LogP contribution in [0.3, 0.4) is 0 Å². The molecule has 3 rings (SSSR count). The van der Waals surface area contributed by atoms with Crippen LogP contribution in [-0.2, 0) is 11.2 Å². The molecule has 100 valence electrons. The molecule has 2 aromatic rings. The van der Waals surface area contributed by atoms with Crippen LogP contribution in [0.1, 0.15) is 15.9 Å². The lowest BCUT2D eigenvalue weighted by Crippen LogP contribution is -2.42. The number of carbonyl (C=O) groups excluding carboxylic acids is 2. The van der Waals surface area contributed by atoms with Crippen molar-refractivity contribution in [3.8, 4) is 0 Å². The molecular weight excluding hydrogens is 320 g/mol. The van der Waals surface area contributed by atoms with E-state index < -0.39 is 0 Å². The first kappa shape index (κ1) is 12.9. The Bertz CT molecular complexity index is 728. The highest BCUT2D eigenvalue weighted by atomic mass is 79.9. The van der Waals surface area contributed by atoms with E-state index in [4.69, 9.17) is 5.73 Å². The van der Waals surface area contributed by atoms with Gasteiger partial charge in [-0.1, -0.05) is 28.1 Å². The molecule has 20 heavy (non-hydrogen) atoms. The van der Waals surface area contributed by atoms with Crippen LogP contribution in [0.5, 0.6) is 0 Å². The molecule has 0 atom stereocenters. The van der Waals surface area contributed by atoms with Gasteiger partial charge >= 0.3 is 0 Å². The quantitative estimate of drug-likeness (QED) is 0.646. The van der Waals surface area contributed by atoms with Crippen molar-refractivity contribution >= 4 is 39.1 Å². The summed E-state index contributed by atoms with van der Waals surface area (Å²) in [4.78, 5) is 25.9. The standard InChI is InChI=1S/C15H11BrN2O2/c16-10-2-1-3-12(7-10)18-14(19)6-9-4-5-11(17)8-13(9)15(18)20/h1-5,7-8H,6,17H2. The predicted octanol–water partition coefficient (Wildman–Crippen LogP) is 2.76. The van der Waals surface area contributed by atoms with Gasteiger partial charge in [-0.05, 0) is 35.9 Å². The lowest BCUT2D eigenvalue weighted by atomic mass is 9.97. The first-order valence-corrected chi connectivity index (χ1v) is 6.87. The molecule has 2 N–H and O–H groups in total. The van der Waals surface area contributed by atoms with Gasteiger partial charge in [-0.15, -0.1) is 0 Å². The Morgan fingerprint density at radius 3 is 2.65 bits per heavy atom. The molecular formula is C15H11BrN2O2. The minimum atomic E-state index is -0.332. The Labute approximate surface area is 124 Å². The number of nitrogens with two attached hydrogens (primary N) is 1. The first-order valence-electron chi connectivity index (χ1n) is 6.07. The lowest BCUT2D eigenvalue weighted by molar-refractivity contribution is -0.117. The summed E-state index contributed by atoms with van der Waals surface area (Å²) >= 11 is 3.34. The zero-order valence-corrected chi connectivity index (χ0v) is 12.1. The number of hydrogen-bond donors (Lipinski definition) is 1. The topological polar surface area (TPSA) is 63.4 Å². The fourth-order valence-electron chi connectivity index (χ4n) is 2.30. The highest BCUT2D eigenvalue weighted by molar-refractivity contribution is 9.10. The smallest absolute Gasteiger partial charge is 0.265 e. The van der Waals surface area contributed by atoms with Gasteiger partial charge in [0, 0.05) is 15.7 Å².